The number of rotatable bonds is 5. The van der Waals surface area contributed by atoms with Gasteiger partial charge < -0.3 is 9.80 Å². The molecule has 1 amide bonds. The van der Waals surface area contributed by atoms with Gasteiger partial charge in [0.1, 0.15) is 12.4 Å². The molecule has 3 rings (SSSR count). The zero-order valence-electron chi connectivity index (χ0n) is 15.0. The van der Waals surface area contributed by atoms with E-state index in [2.05, 4.69) is 17.4 Å². The van der Waals surface area contributed by atoms with Gasteiger partial charge in [0.2, 0.25) is 0 Å². The summed E-state index contributed by atoms with van der Waals surface area (Å²) in [7, 11) is 0. The van der Waals surface area contributed by atoms with Crippen molar-refractivity contribution >= 4 is 11.6 Å². The molecule has 2 aromatic rings. The Hall–Kier alpha value is -2.20. The van der Waals surface area contributed by atoms with Gasteiger partial charge in [-0.3, -0.25) is 4.79 Å². The van der Waals surface area contributed by atoms with Crippen LogP contribution in [0.15, 0.2) is 42.5 Å². The van der Waals surface area contributed by atoms with Crippen LogP contribution in [0.25, 0.3) is 0 Å². The van der Waals surface area contributed by atoms with Gasteiger partial charge in [-0.2, -0.15) is 0 Å². The third-order valence-corrected chi connectivity index (χ3v) is 5.12. The van der Waals surface area contributed by atoms with E-state index in [0.29, 0.717) is 6.54 Å². The van der Waals surface area contributed by atoms with E-state index in [1.165, 1.54) is 17.7 Å². The molecular weight excluding hydrogens is 315 g/mol. The molecular formula is C21H26FN2O+. The van der Waals surface area contributed by atoms with Crippen molar-refractivity contribution in [3.63, 3.8) is 0 Å². The van der Waals surface area contributed by atoms with Crippen LogP contribution in [-0.4, -0.2) is 30.0 Å². The molecule has 1 heterocycles. The summed E-state index contributed by atoms with van der Waals surface area (Å²) in [6.45, 7) is 7.07. The first-order valence-corrected chi connectivity index (χ1v) is 8.93. The van der Waals surface area contributed by atoms with Crippen LogP contribution < -0.4 is 5.32 Å². The van der Waals surface area contributed by atoms with E-state index in [9.17, 15) is 9.18 Å². The number of likely N-dealkylation sites (tertiary alicyclic amines) is 1. The first-order valence-electron chi connectivity index (χ1n) is 8.93. The van der Waals surface area contributed by atoms with Crippen LogP contribution in [0.3, 0.4) is 0 Å². The molecule has 0 spiro atoms. The molecule has 1 aliphatic heterocycles. The standard InChI is InChI=1S/C21H25FN2O/c1-16-12-19(22)13-17(2)21(16)23-20(25)15-24(10-6-7-11-24)14-18-8-4-3-5-9-18/h3-5,8-9,12-13H,6-7,10-11,14-15H2,1-2H3/p+1. The lowest BCUT2D eigenvalue weighted by molar-refractivity contribution is -0.922. The number of halogens is 1. The zero-order valence-corrected chi connectivity index (χ0v) is 15.0. The van der Waals surface area contributed by atoms with Crippen LogP contribution >= 0.6 is 0 Å². The largest absolute Gasteiger partial charge is 0.321 e. The minimum Gasteiger partial charge on any atom is -0.321 e. The molecule has 0 radical (unpaired) electrons. The van der Waals surface area contributed by atoms with Crippen LogP contribution in [0.1, 0.15) is 29.5 Å². The second kappa shape index (κ2) is 7.36. The number of benzene rings is 2. The summed E-state index contributed by atoms with van der Waals surface area (Å²) < 4.78 is 14.3. The maximum absolute atomic E-state index is 13.5. The summed E-state index contributed by atoms with van der Waals surface area (Å²) in [5, 5.41) is 3.02. The molecule has 132 valence electrons. The van der Waals surface area contributed by atoms with Crippen molar-refractivity contribution in [1.29, 1.82) is 0 Å². The Kier molecular flexibility index (Phi) is 5.19. The van der Waals surface area contributed by atoms with Gasteiger partial charge in [-0.15, -0.1) is 0 Å². The molecule has 1 saturated heterocycles. The van der Waals surface area contributed by atoms with Gasteiger partial charge in [-0.05, 0) is 37.1 Å². The Morgan fingerprint density at radius 3 is 2.28 bits per heavy atom. The smallest absolute Gasteiger partial charge is 0.279 e. The van der Waals surface area contributed by atoms with Gasteiger partial charge in [-0.1, -0.05) is 30.3 Å². The second-order valence-electron chi connectivity index (χ2n) is 7.26. The second-order valence-corrected chi connectivity index (χ2v) is 7.26. The summed E-state index contributed by atoms with van der Waals surface area (Å²) in [6, 6.07) is 13.3. The molecule has 3 nitrogen and oxygen atoms in total. The molecule has 0 unspecified atom stereocenters. The molecule has 25 heavy (non-hydrogen) atoms. The van der Waals surface area contributed by atoms with E-state index in [1.807, 2.05) is 32.0 Å². The van der Waals surface area contributed by atoms with Crippen LogP contribution in [0.4, 0.5) is 10.1 Å². The predicted octanol–water partition coefficient (Wildman–Crippen LogP) is 4.19. The maximum Gasteiger partial charge on any atom is 0.279 e. The van der Waals surface area contributed by atoms with Gasteiger partial charge in [0.05, 0.1) is 13.1 Å². The lowest BCUT2D eigenvalue weighted by Gasteiger charge is -2.33. The zero-order chi connectivity index (χ0) is 17.9. The minimum absolute atomic E-state index is 0.00985. The molecule has 1 aliphatic rings. The summed E-state index contributed by atoms with van der Waals surface area (Å²) in [4.78, 5) is 12.7. The number of nitrogens with one attached hydrogen (secondary N) is 1. The van der Waals surface area contributed by atoms with Crippen LogP contribution in [0.2, 0.25) is 0 Å². The normalized spacial score (nSPS) is 16.0. The van der Waals surface area contributed by atoms with Gasteiger partial charge in [0.25, 0.3) is 5.91 Å². The highest BCUT2D eigenvalue weighted by Gasteiger charge is 2.34. The fraction of sp³-hybridized carbons (Fsp3) is 0.381. The van der Waals surface area contributed by atoms with Crippen molar-refractivity contribution in [3.8, 4) is 0 Å². The lowest BCUT2D eigenvalue weighted by Crippen LogP contribution is -2.49. The molecule has 1 N–H and O–H groups in total. The first-order chi connectivity index (χ1) is 12.0. The predicted molar refractivity (Wildman–Crippen MR) is 98.7 cm³/mol. The van der Waals surface area contributed by atoms with Gasteiger partial charge in [0, 0.05) is 24.1 Å². The van der Waals surface area contributed by atoms with Crippen molar-refractivity contribution in [2.75, 3.05) is 25.0 Å². The molecule has 0 atom stereocenters. The highest BCUT2D eigenvalue weighted by Crippen LogP contribution is 2.25. The third-order valence-electron chi connectivity index (χ3n) is 5.12. The van der Waals surface area contributed by atoms with Crippen molar-refractivity contribution in [2.24, 2.45) is 0 Å². The Morgan fingerprint density at radius 2 is 1.68 bits per heavy atom. The SMILES string of the molecule is Cc1cc(F)cc(C)c1NC(=O)C[N+]1(Cc2ccccc2)CCCC1. The van der Waals surface area contributed by atoms with E-state index in [-0.39, 0.29) is 11.7 Å². The van der Waals surface area contributed by atoms with E-state index in [0.717, 1.165) is 53.8 Å². The van der Waals surface area contributed by atoms with Gasteiger partial charge in [0.15, 0.2) is 6.54 Å². The average molecular weight is 341 g/mol. The molecule has 0 bridgehead atoms. The monoisotopic (exact) mass is 341 g/mol. The molecule has 0 aliphatic carbocycles. The third kappa shape index (κ3) is 4.26. The van der Waals surface area contributed by atoms with Crippen LogP contribution in [0.5, 0.6) is 0 Å². The van der Waals surface area contributed by atoms with Crippen molar-refractivity contribution < 1.29 is 13.7 Å². The Morgan fingerprint density at radius 1 is 1.08 bits per heavy atom. The van der Waals surface area contributed by atoms with Gasteiger partial charge in [-0.25, -0.2) is 4.39 Å². The summed E-state index contributed by atoms with van der Waals surface area (Å²) in [5.41, 5.74) is 3.54. The molecule has 0 saturated carbocycles. The van der Waals surface area contributed by atoms with E-state index >= 15 is 0 Å². The number of carbonyl (C=O) groups excluding carboxylic acids is 1. The highest BCUT2D eigenvalue weighted by atomic mass is 19.1. The number of anilines is 1. The Balaban J connectivity index is 1.74. The Bertz CT molecular complexity index is 729. The Labute approximate surface area is 149 Å². The lowest BCUT2D eigenvalue weighted by atomic mass is 10.1. The number of nitrogens with zero attached hydrogens (tertiary/aromatic N) is 1. The van der Waals surface area contributed by atoms with Crippen molar-refractivity contribution in [1.82, 2.24) is 0 Å². The van der Waals surface area contributed by atoms with E-state index in [1.54, 1.807) is 0 Å². The minimum atomic E-state index is -0.264. The molecule has 4 heteroatoms. The fourth-order valence-corrected chi connectivity index (χ4v) is 3.94. The number of hydrogen-bond acceptors (Lipinski definition) is 1. The van der Waals surface area contributed by atoms with Gasteiger partial charge >= 0.3 is 0 Å². The van der Waals surface area contributed by atoms with E-state index < -0.39 is 0 Å². The molecule has 1 fully saturated rings. The fourth-order valence-electron chi connectivity index (χ4n) is 3.94. The number of quaternary nitrogens is 1. The number of aryl methyl sites for hydroxylation is 2. The summed E-state index contributed by atoms with van der Waals surface area (Å²) in [6.07, 6.45) is 2.32. The number of carbonyl (C=O) groups is 1. The quantitative estimate of drug-likeness (QED) is 0.812. The topological polar surface area (TPSA) is 29.1 Å². The first kappa shape index (κ1) is 17.6. The van der Waals surface area contributed by atoms with Crippen LogP contribution in [-0.2, 0) is 11.3 Å². The summed E-state index contributed by atoms with van der Waals surface area (Å²) in [5.74, 6) is -0.254. The van der Waals surface area contributed by atoms with Crippen molar-refractivity contribution in [2.45, 2.75) is 33.2 Å². The summed E-state index contributed by atoms with van der Waals surface area (Å²) >= 11 is 0. The van der Waals surface area contributed by atoms with Crippen LogP contribution in [0, 0.1) is 19.7 Å². The van der Waals surface area contributed by atoms with E-state index in [4.69, 9.17) is 0 Å². The highest BCUT2D eigenvalue weighted by molar-refractivity contribution is 5.93. The molecule has 2 aromatic carbocycles. The average Bonchev–Trinajstić information content (AvgIpc) is 2.99. The number of amides is 1. The maximum atomic E-state index is 13.5. The molecule has 0 aromatic heterocycles. The number of hydrogen-bond donors (Lipinski definition) is 1. The van der Waals surface area contributed by atoms with Crippen molar-refractivity contribution in [3.05, 3.63) is 65.0 Å².